The molecule has 1 N–H and O–H groups in total. The number of carbonyl (C=O) groups excluding carboxylic acids is 1. The monoisotopic (exact) mass is 262 g/mol. The van der Waals surface area contributed by atoms with Crippen LogP contribution in [-0.4, -0.2) is 43.8 Å². The maximum absolute atomic E-state index is 12.5. The van der Waals surface area contributed by atoms with E-state index in [1.165, 1.54) is 0 Å². The third-order valence-electron chi connectivity index (χ3n) is 3.70. The highest BCUT2D eigenvalue weighted by atomic mass is 16.7. The Kier molecular flexibility index (Phi) is 3.29. The molecule has 0 radical (unpaired) electrons. The van der Waals surface area contributed by atoms with E-state index in [4.69, 9.17) is 9.47 Å². The minimum Gasteiger partial charge on any atom is -0.454 e. The lowest BCUT2D eigenvalue weighted by molar-refractivity contribution is 0.0736. The van der Waals surface area contributed by atoms with E-state index in [0.717, 1.165) is 25.9 Å². The van der Waals surface area contributed by atoms with Gasteiger partial charge in [-0.1, -0.05) is 0 Å². The molecule has 0 bridgehead atoms. The van der Waals surface area contributed by atoms with E-state index in [9.17, 15) is 4.79 Å². The SMILES string of the molecule is CNC[C@H]1CCCN1C(=O)c1ccc2c(c1)OCO2. The van der Waals surface area contributed by atoms with Crippen LogP contribution in [0.4, 0.5) is 0 Å². The van der Waals surface area contributed by atoms with Crippen LogP contribution < -0.4 is 14.8 Å². The quantitative estimate of drug-likeness (QED) is 0.890. The molecule has 2 heterocycles. The van der Waals surface area contributed by atoms with Crippen molar-refractivity contribution in [3.8, 4) is 11.5 Å². The van der Waals surface area contributed by atoms with Crippen LogP contribution in [0.3, 0.4) is 0 Å². The molecule has 2 aliphatic heterocycles. The number of amides is 1. The van der Waals surface area contributed by atoms with Crippen molar-refractivity contribution in [2.45, 2.75) is 18.9 Å². The second kappa shape index (κ2) is 5.09. The van der Waals surface area contributed by atoms with Crippen LogP contribution in [0, 0.1) is 0 Å². The fraction of sp³-hybridized carbons (Fsp3) is 0.500. The second-order valence-electron chi connectivity index (χ2n) is 4.92. The molecule has 1 atom stereocenters. The molecule has 0 saturated carbocycles. The average Bonchev–Trinajstić information content (AvgIpc) is 3.05. The Morgan fingerprint density at radius 2 is 2.26 bits per heavy atom. The molecule has 1 fully saturated rings. The van der Waals surface area contributed by atoms with Gasteiger partial charge < -0.3 is 19.7 Å². The van der Waals surface area contributed by atoms with E-state index < -0.39 is 0 Å². The number of ether oxygens (including phenoxy) is 2. The van der Waals surface area contributed by atoms with Gasteiger partial charge in [-0.3, -0.25) is 4.79 Å². The first-order valence-corrected chi connectivity index (χ1v) is 6.65. The van der Waals surface area contributed by atoms with Crippen molar-refractivity contribution in [1.82, 2.24) is 10.2 Å². The Hall–Kier alpha value is -1.75. The number of fused-ring (bicyclic) bond motifs is 1. The van der Waals surface area contributed by atoms with Gasteiger partial charge >= 0.3 is 0 Å². The van der Waals surface area contributed by atoms with Gasteiger partial charge in [-0.05, 0) is 38.1 Å². The van der Waals surface area contributed by atoms with Crippen LogP contribution in [0.2, 0.25) is 0 Å². The Morgan fingerprint density at radius 3 is 3.11 bits per heavy atom. The predicted molar refractivity (Wildman–Crippen MR) is 70.6 cm³/mol. The molecule has 5 heteroatoms. The van der Waals surface area contributed by atoms with E-state index in [1.54, 1.807) is 12.1 Å². The smallest absolute Gasteiger partial charge is 0.254 e. The van der Waals surface area contributed by atoms with Crippen LogP contribution in [0.1, 0.15) is 23.2 Å². The lowest BCUT2D eigenvalue weighted by atomic mass is 10.1. The fourth-order valence-electron chi connectivity index (χ4n) is 2.75. The topological polar surface area (TPSA) is 50.8 Å². The summed E-state index contributed by atoms with van der Waals surface area (Å²) in [5.74, 6) is 1.45. The molecule has 1 aromatic rings. The van der Waals surface area contributed by atoms with Crippen LogP contribution in [0.15, 0.2) is 18.2 Å². The molecule has 102 valence electrons. The van der Waals surface area contributed by atoms with Gasteiger partial charge in [0, 0.05) is 24.7 Å². The van der Waals surface area contributed by atoms with E-state index in [1.807, 2.05) is 18.0 Å². The number of nitrogens with one attached hydrogen (secondary N) is 1. The third kappa shape index (κ3) is 2.26. The Balaban J connectivity index is 1.79. The van der Waals surface area contributed by atoms with Crippen LogP contribution >= 0.6 is 0 Å². The number of hydrogen-bond acceptors (Lipinski definition) is 4. The van der Waals surface area contributed by atoms with Gasteiger partial charge in [0.05, 0.1) is 0 Å². The largest absolute Gasteiger partial charge is 0.454 e. The van der Waals surface area contributed by atoms with Crippen LogP contribution in [-0.2, 0) is 0 Å². The molecule has 0 aromatic heterocycles. The van der Waals surface area contributed by atoms with Crippen molar-refractivity contribution in [1.29, 1.82) is 0 Å². The lowest BCUT2D eigenvalue weighted by Gasteiger charge is -2.24. The maximum atomic E-state index is 12.5. The molecule has 2 aliphatic rings. The standard InChI is InChI=1S/C14H18N2O3/c1-15-8-11-3-2-6-16(11)14(17)10-4-5-12-13(7-10)19-9-18-12/h4-5,7,11,15H,2-3,6,8-9H2,1H3/t11-/m1/s1. The van der Waals surface area contributed by atoms with Gasteiger partial charge in [0.2, 0.25) is 6.79 Å². The first kappa shape index (κ1) is 12.3. The number of carbonyl (C=O) groups is 1. The highest BCUT2D eigenvalue weighted by Gasteiger charge is 2.29. The first-order valence-electron chi connectivity index (χ1n) is 6.65. The fourth-order valence-corrected chi connectivity index (χ4v) is 2.75. The third-order valence-corrected chi connectivity index (χ3v) is 3.70. The highest BCUT2D eigenvalue weighted by Crippen LogP contribution is 2.33. The van der Waals surface area contributed by atoms with Gasteiger partial charge in [-0.25, -0.2) is 0 Å². The minimum atomic E-state index is 0.0797. The van der Waals surface area contributed by atoms with Crippen molar-refractivity contribution in [3.63, 3.8) is 0 Å². The molecule has 5 nitrogen and oxygen atoms in total. The number of rotatable bonds is 3. The normalized spacial score (nSPS) is 20.9. The van der Waals surface area contributed by atoms with Crippen molar-refractivity contribution < 1.29 is 14.3 Å². The molecule has 19 heavy (non-hydrogen) atoms. The summed E-state index contributed by atoms with van der Waals surface area (Å²) in [5, 5.41) is 3.15. The summed E-state index contributed by atoms with van der Waals surface area (Å²) in [6, 6.07) is 5.69. The number of hydrogen-bond donors (Lipinski definition) is 1. The molecule has 1 amide bonds. The van der Waals surface area contributed by atoms with E-state index in [2.05, 4.69) is 5.32 Å². The molecular weight excluding hydrogens is 244 g/mol. The summed E-state index contributed by atoms with van der Waals surface area (Å²) in [6.45, 7) is 1.91. The zero-order valence-electron chi connectivity index (χ0n) is 11.0. The predicted octanol–water partition coefficient (Wildman–Crippen LogP) is 1.24. The van der Waals surface area contributed by atoms with Crippen molar-refractivity contribution >= 4 is 5.91 Å². The summed E-state index contributed by atoms with van der Waals surface area (Å²) >= 11 is 0. The summed E-state index contributed by atoms with van der Waals surface area (Å²) in [4.78, 5) is 14.5. The summed E-state index contributed by atoms with van der Waals surface area (Å²) in [5.41, 5.74) is 0.673. The molecule has 0 spiro atoms. The van der Waals surface area contributed by atoms with E-state index >= 15 is 0 Å². The van der Waals surface area contributed by atoms with E-state index in [-0.39, 0.29) is 12.7 Å². The zero-order valence-corrected chi connectivity index (χ0v) is 11.0. The number of nitrogens with zero attached hydrogens (tertiary/aromatic N) is 1. The van der Waals surface area contributed by atoms with Crippen LogP contribution in [0.25, 0.3) is 0 Å². The Morgan fingerprint density at radius 1 is 1.42 bits per heavy atom. The molecule has 1 saturated heterocycles. The Labute approximate surface area is 112 Å². The molecule has 0 aliphatic carbocycles. The second-order valence-corrected chi connectivity index (χ2v) is 4.92. The maximum Gasteiger partial charge on any atom is 0.254 e. The van der Waals surface area contributed by atoms with Gasteiger partial charge in [-0.2, -0.15) is 0 Å². The van der Waals surface area contributed by atoms with Gasteiger partial charge in [0.25, 0.3) is 5.91 Å². The Bertz CT molecular complexity index is 490. The van der Waals surface area contributed by atoms with Gasteiger partial charge in [0.1, 0.15) is 0 Å². The van der Waals surface area contributed by atoms with E-state index in [0.29, 0.717) is 23.1 Å². The molecule has 3 rings (SSSR count). The molecule has 1 aromatic carbocycles. The zero-order chi connectivity index (χ0) is 13.2. The highest BCUT2D eigenvalue weighted by molar-refractivity contribution is 5.95. The number of likely N-dealkylation sites (tertiary alicyclic amines) is 1. The summed E-state index contributed by atoms with van der Waals surface area (Å²) < 4.78 is 10.6. The van der Waals surface area contributed by atoms with Gasteiger partial charge in [0.15, 0.2) is 11.5 Å². The lowest BCUT2D eigenvalue weighted by Crippen LogP contribution is -2.40. The molecular formula is C14H18N2O3. The molecule has 0 unspecified atom stereocenters. The van der Waals surface area contributed by atoms with Gasteiger partial charge in [-0.15, -0.1) is 0 Å². The van der Waals surface area contributed by atoms with Crippen molar-refractivity contribution in [2.24, 2.45) is 0 Å². The average molecular weight is 262 g/mol. The minimum absolute atomic E-state index is 0.0797. The van der Waals surface area contributed by atoms with Crippen molar-refractivity contribution in [3.05, 3.63) is 23.8 Å². The first-order chi connectivity index (χ1) is 9.29. The van der Waals surface area contributed by atoms with Crippen molar-refractivity contribution in [2.75, 3.05) is 26.9 Å². The number of likely N-dealkylation sites (N-methyl/N-ethyl adjacent to an activating group) is 1. The van der Waals surface area contributed by atoms with Crippen LogP contribution in [0.5, 0.6) is 11.5 Å². The number of benzene rings is 1. The summed E-state index contributed by atoms with van der Waals surface area (Å²) in [7, 11) is 1.92. The summed E-state index contributed by atoms with van der Waals surface area (Å²) in [6.07, 6.45) is 2.14.